The van der Waals surface area contributed by atoms with Crippen LogP contribution in [0.3, 0.4) is 0 Å². The number of nitriles is 1. The summed E-state index contributed by atoms with van der Waals surface area (Å²) in [7, 11) is 0. The lowest BCUT2D eigenvalue weighted by atomic mass is 10.0. The van der Waals surface area contributed by atoms with Crippen LogP contribution in [0.1, 0.15) is 16.7 Å². The molecule has 3 aromatic rings. The first kappa shape index (κ1) is 17.7. The van der Waals surface area contributed by atoms with E-state index < -0.39 is 0 Å². The van der Waals surface area contributed by atoms with Crippen molar-refractivity contribution >= 4 is 23.3 Å². The fourth-order valence-corrected chi connectivity index (χ4v) is 2.51. The maximum atomic E-state index is 12.9. The molecule has 0 heterocycles. The molecule has 4 heteroatoms. The van der Waals surface area contributed by atoms with Crippen LogP contribution in [0, 0.1) is 17.1 Å². The van der Waals surface area contributed by atoms with Gasteiger partial charge in [0.15, 0.2) is 0 Å². The molecule has 0 fully saturated rings. The summed E-state index contributed by atoms with van der Waals surface area (Å²) in [5, 5.41) is 10.0. The summed E-state index contributed by atoms with van der Waals surface area (Å²) < 4.78 is 18.6. The Kier molecular flexibility index (Phi) is 5.68. The molecule has 0 N–H and O–H groups in total. The van der Waals surface area contributed by atoms with E-state index in [1.165, 1.54) is 12.1 Å². The Bertz CT molecular complexity index is 939. The Balaban J connectivity index is 1.69. The van der Waals surface area contributed by atoms with Gasteiger partial charge in [0.2, 0.25) is 0 Å². The molecule has 2 nitrogen and oxygen atoms in total. The predicted molar refractivity (Wildman–Crippen MR) is 102 cm³/mol. The van der Waals surface area contributed by atoms with Gasteiger partial charge in [0.1, 0.15) is 18.2 Å². The molecule has 128 valence electrons. The van der Waals surface area contributed by atoms with E-state index in [2.05, 4.69) is 6.07 Å². The van der Waals surface area contributed by atoms with Crippen molar-refractivity contribution in [1.82, 2.24) is 0 Å². The van der Waals surface area contributed by atoms with Crippen LogP contribution in [0.15, 0.2) is 72.8 Å². The van der Waals surface area contributed by atoms with Gasteiger partial charge in [0.25, 0.3) is 0 Å². The van der Waals surface area contributed by atoms with Crippen molar-refractivity contribution in [3.05, 3.63) is 100 Å². The van der Waals surface area contributed by atoms with Crippen molar-refractivity contribution in [2.75, 3.05) is 0 Å². The molecule has 0 aliphatic heterocycles. The number of hydrogen-bond donors (Lipinski definition) is 0. The van der Waals surface area contributed by atoms with Gasteiger partial charge < -0.3 is 4.74 Å². The molecule has 0 saturated carbocycles. The summed E-state index contributed by atoms with van der Waals surface area (Å²) in [5.74, 6) is 0.440. The molecule has 0 radical (unpaired) electrons. The molecule has 0 aliphatic rings. The quantitative estimate of drug-likeness (QED) is 0.404. The predicted octanol–water partition coefficient (Wildman–Crippen LogP) is 6.12. The van der Waals surface area contributed by atoms with Crippen molar-refractivity contribution in [2.45, 2.75) is 6.61 Å². The van der Waals surface area contributed by atoms with Crippen molar-refractivity contribution in [3.63, 3.8) is 0 Å². The second kappa shape index (κ2) is 8.33. The molecule has 0 saturated heterocycles. The highest BCUT2D eigenvalue weighted by Crippen LogP contribution is 2.21. The highest BCUT2D eigenvalue weighted by Gasteiger charge is 2.02. The van der Waals surface area contributed by atoms with E-state index in [1.54, 1.807) is 24.3 Å². The summed E-state index contributed by atoms with van der Waals surface area (Å²) in [5.41, 5.74) is 3.16. The van der Waals surface area contributed by atoms with E-state index in [0.29, 0.717) is 23.0 Å². The number of halogens is 2. The molecule has 0 amide bonds. The zero-order chi connectivity index (χ0) is 18.4. The van der Waals surface area contributed by atoms with Gasteiger partial charge in [-0.05, 0) is 59.2 Å². The molecular formula is C22H15ClFNO. The van der Waals surface area contributed by atoms with E-state index in [4.69, 9.17) is 16.3 Å². The largest absolute Gasteiger partial charge is 0.489 e. The minimum Gasteiger partial charge on any atom is -0.489 e. The number of nitrogens with zero attached hydrogens (tertiary/aromatic N) is 1. The molecule has 0 bridgehead atoms. The Morgan fingerprint density at radius 3 is 2.23 bits per heavy atom. The molecule has 3 rings (SSSR count). The molecule has 0 aromatic heterocycles. The molecule has 0 unspecified atom stereocenters. The normalized spacial score (nSPS) is 11.0. The van der Waals surface area contributed by atoms with Crippen LogP contribution < -0.4 is 4.74 Å². The summed E-state index contributed by atoms with van der Waals surface area (Å²) in [6, 6.07) is 23.0. The summed E-state index contributed by atoms with van der Waals surface area (Å²) in [6.07, 6.45) is 1.81. The van der Waals surface area contributed by atoms with E-state index >= 15 is 0 Å². The lowest BCUT2D eigenvalue weighted by Crippen LogP contribution is -1.95. The number of ether oxygens (including phenoxy) is 1. The summed E-state index contributed by atoms with van der Waals surface area (Å²) in [6.45, 7) is 0.365. The Morgan fingerprint density at radius 1 is 0.962 bits per heavy atom. The first-order valence-electron chi connectivity index (χ1n) is 7.99. The van der Waals surface area contributed by atoms with Gasteiger partial charge in [-0.2, -0.15) is 5.26 Å². The van der Waals surface area contributed by atoms with Crippen molar-refractivity contribution in [1.29, 1.82) is 5.26 Å². The number of rotatable bonds is 5. The Hall–Kier alpha value is -3.09. The molecule has 0 aliphatic carbocycles. The molecule has 3 aromatic carbocycles. The van der Waals surface area contributed by atoms with Gasteiger partial charge in [-0.25, -0.2) is 4.39 Å². The third-order valence-electron chi connectivity index (χ3n) is 3.79. The van der Waals surface area contributed by atoms with Crippen LogP contribution in [0.5, 0.6) is 5.75 Å². The second-order valence-corrected chi connectivity index (χ2v) is 6.10. The van der Waals surface area contributed by atoms with E-state index in [0.717, 1.165) is 16.7 Å². The zero-order valence-corrected chi connectivity index (χ0v) is 14.6. The lowest BCUT2D eigenvalue weighted by Gasteiger charge is -2.07. The Labute approximate surface area is 156 Å². The molecule has 0 atom stereocenters. The maximum absolute atomic E-state index is 12.9. The van der Waals surface area contributed by atoms with E-state index in [1.807, 2.05) is 42.5 Å². The monoisotopic (exact) mass is 363 g/mol. The minimum atomic E-state index is -0.265. The average molecular weight is 364 g/mol. The Morgan fingerprint density at radius 2 is 1.62 bits per heavy atom. The van der Waals surface area contributed by atoms with Gasteiger partial charge in [0.05, 0.1) is 11.6 Å². The van der Waals surface area contributed by atoms with Gasteiger partial charge >= 0.3 is 0 Å². The van der Waals surface area contributed by atoms with E-state index in [-0.39, 0.29) is 5.82 Å². The third-order valence-corrected chi connectivity index (χ3v) is 4.04. The lowest BCUT2D eigenvalue weighted by molar-refractivity contribution is 0.306. The first-order valence-corrected chi connectivity index (χ1v) is 8.37. The fourth-order valence-electron chi connectivity index (χ4n) is 2.38. The summed E-state index contributed by atoms with van der Waals surface area (Å²) >= 11 is 5.88. The van der Waals surface area contributed by atoms with Crippen LogP contribution in [0.2, 0.25) is 5.02 Å². The number of benzene rings is 3. The standard InChI is InChI=1S/C22H15ClFNO/c23-20-7-5-18(6-8-20)19(14-25)13-16-3-11-22(12-4-16)26-15-17-1-9-21(24)10-2-17/h1-13H,15H2/b19-13-. The van der Waals surface area contributed by atoms with Crippen molar-refractivity contribution < 1.29 is 9.13 Å². The fraction of sp³-hybridized carbons (Fsp3) is 0.0455. The average Bonchev–Trinajstić information content (AvgIpc) is 2.67. The zero-order valence-electron chi connectivity index (χ0n) is 13.8. The summed E-state index contributed by atoms with van der Waals surface area (Å²) in [4.78, 5) is 0. The maximum Gasteiger partial charge on any atom is 0.123 e. The highest BCUT2D eigenvalue weighted by molar-refractivity contribution is 6.30. The smallest absolute Gasteiger partial charge is 0.123 e. The van der Waals surface area contributed by atoms with Gasteiger partial charge in [-0.3, -0.25) is 0 Å². The van der Waals surface area contributed by atoms with Crippen LogP contribution in [-0.2, 0) is 6.61 Å². The van der Waals surface area contributed by atoms with Gasteiger partial charge in [0, 0.05) is 5.02 Å². The molecular weight excluding hydrogens is 349 g/mol. The molecule has 26 heavy (non-hydrogen) atoms. The highest BCUT2D eigenvalue weighted by atomic mass is 35.5. The first-order chi connectivity index (χ1) is 12.6. The second-order valence-electron chi connectivity index (χ2n) is 5.66. The topological polar surface area (TPSA) is 33.0 Å². The SMILES string of the molecule is N#C/C(=C/c1ccc(OCc2ccc(F)cc2)cc1)c1ccc(Cl)cc1. The number of hydrogen-bond acceptors (Lipinski definition) is 2. The van der Waals surface area contributed by atoms with Crippen LogP contribution >= 0.6 is 11.6 Å². The number of allylic oxidation sites excluding steroid dienone is 1. The van der Waals surface area contributed by atoms with Gasteiger partial charge in [-0.1, -0.05) is 48.0 Å². The van der Waals surface area contributed by atoms with Crippen molar-refractivity contribution in [3.8, 4) is 11.8 Å². The minimum absolute atomic E-state index is 0.265. The van der Waals surface area contributed by atoms with Crippen molar-refractivity contribution in [2.24, 2.45) is 0 Å². The molecule has 0 spiro atoms. The van der Waals surface area contributed by atoms with Crippen LogP contribution in [0.25, 0.3) is 11.6 Å². The van der Waals surface area contributed by atoms with Gasteiger partial charge in [-0.15, -0.1) is 0 Å². The van der Waals surface area contributed by atoms with Crippen LogP contribution in [-0.4, -0.2) is 0 Å². The third kappa shape index (κ3) is 4.72. The van der Waals surface area contributed by atoms with Crippen LogP contribution in [0.4, 0.5) is 4.39 Å². The van der Waals surface area contributed by atoms with E-state index in [9.17, 15) is 9.65 Å².